The second kappa shape index (κ2) is 7.89. The van der Waals surface area contributed by atoms with Gasteiger partial charge in [-0.3, -0.25) is 4.39 Å². The van der Waals surface area contributed by atoms with Crippen molar-refractivity contribution in [3.05, 3.63) is 34.9 Å². The number of rotatable bonds is 6. The minimum atomic E-state index is -0.797. The lowest BCUT2D eigenvalue weighted by Crippen LogP contribution is -2.38. The molecule has 0 radical (unpaired) electrons. The Morgan fingerprint density at radius 1 is 1.33 bits per heavy atom. The predicted octanol–water partition coefficient (Wildman–Crippen LogP) is 2.03. The minimum absolute atomic E-state index is 0.0864. The molecule has 0 bridgehead atoms. The number of aliphatic hydroxyl groups is 1. The number of amides is 2. The summed E-state index contributed by atoms with van der Waals surface area (Å²) < 4.78 is 11.8. The molecular formula is C12H16ClFN2O2. The van der Waals surface area contributed by atoms with E-state index in [0.717, 1.165) is 0 Å². The van der Waals surface area contributed by atoms with Gasteiger partial charge in [0.2, 0.25) is 0 Å². The highest BCUT2D eigenvalue weighted by Gasteiger charge is 2.08. The topological polar surface area (TPSA) is 61.4 Å². The summed E-state index contributed by atoms with van der Waals surface area (Å²) in [5.41, 5.74) is 0.670. The smallest absolute Gasteiger partial charge is 0.314 e. The molecule has 18 heavy (non-hydrogen) atoms. The van der Waals surface area contributed by atoms with Gasteiger partial charge in [-0.05, 0) is 24.1 Å². The van der Waals surface area contributed by atoms with Crippen molar-refractivity contribution in [3.8, 4) is 0 Å². The van der Waals surface area contributed by atoms with E-state index in [1.165, 1.54) is 0 Å². The number of nitrogens with one attached hydrogen (secondary N) is 2. The Bertz CT molecular complexity index is 373. The Morgan fingerprint density at radius 3 is 2.61 bits per heavy atom. The molecule has 0 aliphatic rings. The molecule has 4 nitrogen and oxygen atoms in total. The van der Waals surface area contributed by atoms with E-state index < -0.39 is 18.8 Å². The average Bonchev–Trinajstić information content (AvgIpc) is 2.37. The number of urea groups is 1. The molecule has 0 saturated heterocycles. The molecule has 0 aliphatic heterocycles. The number of hydrogen-bond donors (Lipinski definition) is 3. The van der Waals surface area contributed by atoms with E-state index in [1.54, 1.807) is 24.3 Å². The Hall–Kier alpha value is -1.33. The van der Waals surface area contributed by atoms with Gasteiger partial charge < -0.3 is 15.7 Å². The molecule has 0 aliphatic carbocycles. The first-order valence-corrected chi connectivity index (χ1v) is 6.02. The van der Waals surface area contributed by atoms with Crippen molar-refractivity contribution in [2.75, 3.05) is 19.8 Å². The van der Waals surface area contributed by atoms with Gasteiger partial charge in [-0.1, -0.05) is 23.7 Å². The summed E-state index contributed by atoms with van der Waals surface area (Å²) in [6, 6.07) is 6.30. The first-order valence-electron chi connectivity index (χ1n) is 5.64. The van der Waals surface area contributed by atoms with Gasteiger partial charge in [-0.25, -0.2) is 4.79 Å². The number of carbonyl (C=O) groups excluding carboxylic acids is 1. The maximum absolute atomic E-state index is 11.8. The molecule has 6 heteroatoms. The average molecular weight is 275 g/mol. The Kier molecular flexibility index (Phi) is 6.46. The van der Waals surface area contributed by atoms with Crippen molar-refractivity contribution >= 4 is 17.6 Å². The summed E-state index contributed by atoms with van der Waals surface area (Å²) in [6.45, 7) is -0.101. The SMILES string of the molecule is O=C(NCCCF)NCC(O)c1ccc(Cl)cc1. The van der Waals surface area contributed by atoms with Crippen LogP contribution in [0.4, 0.5) is 9.18 Å². The van der Waals surface area contributed by atoms with E-state index in [1.807, 2.05) is 0 Å². The van der Waals surface area contributed by atoms with E-state index in [2.05, 4.69) is 10.6 Å². The van der Waals surface area contributed by atoms with Crippen LogP contribution in [0.5, 0.6) is 0 Å². The van der Waals surface area contributed by atoms with Crippen molar-refractivity contribution in [2.24, 2.45) is 0 Å². The number of carbonyl (C=O) groups is 1. The maximum atomic E-state index is 11.8. The summed E-state index contributed by atoms with van der Waals surface area (Å²) in [7, 11) is 0. The molecule has 0 spiro atoms. The minimum Gasteiger partial charge on any atom is -0.387 e. The van der Waals surface area contributed by atoms with Gasteiger partial charge in [0.1, 0.15) is 0 Å². The number of alkyl halides is 1. The number of halogens is 2. The lowest BCUT2D eigenvalue weighted by Gasteiger charge is -2.12. The fourth-order valence-electron chi connectivity index (χ4n) is 1.32. The fourth-order valence-corrected chi connectivity index (χ4v) is 1.45. The standard InChI is InChI=1S/C12H16ClFN2O2/c13-10-4-2-9(3-5-10)11(17)8-16-12(18)15-7-1-6-14/h2-5,11,17H,1,6-8H2,(H2,15,16,18). The third-order valence-corrected chi connectivity index (χ3v) is 2.56. The first kappa shape index (κ1) is 14.7. The Labute approximate surface area is 110 Å². The van der Waals surface area contributed by atoms with Crippen LogP contribution in [0.2, 0.25) is 5.02 Å². The molecule has 100 valence electrons. The van der Waals surface area contributed by atoms with E-state index in [-0.39, 0.29) is 19.5 Å². The van der Waals surface area contributed by atoms with Crippen LogP contribution in [-0.4, -0.2) is 30.9 Å². The lowest BCUT2D eigenvalue weighted by atomic mass is 10.1. The molecule has 1 aromatic carbocycles. The number of hydrogen-bond acceptors (Lipinski definition) is 2. The van der Waals surface area contributed by atoms with Crippen LogP contribution in [0.25, 0.3) is 0 Å². The zero-order valence-electron chi connectivity index (χ0n) is 9.83. The zero-order valence-corrected chi connectivity index (χ0v) is 10.6. The van der Waals surface area contributed by atoms with Gasteiger partial charge in [0.25, 0.3) is 0 Å². The highest BCUT2D eigenvalue weighted by Crippen LogP contribution is 2.15. The second-order valence-corrected chi connectivity index (χ2v) is 4.18. The van der Waals surface area contributed by atoms with Crippen molar-refractivity contribution in [2.45, 2.75) is 12.5 Å². The molecule has 0 aromatic heterocycles. The van der Waals surface area contributed by atoms with E-state index in [9.17, 15) is 14.3 Å². The normalized spacial score (nSPS) is 11.9. The Morgan fingerprint density at radius 2 is 2.00 bits per heavy atom. The van der Waals surface area contributed by atoms with Gasteiger partial charge in [-0.15, -0.1) is 0 Å². The molecule has 1 aromatic rings. The molecule has 0 saturated carbocycles. The molecule has 1 atom stereocenters. The quantitative estimate of drug-likeness (QED) is 0.695. The number of aliphatic hydroxyl groups excluding tert-OH is 1. The summed E-state index contributed by atoms with van der Waals surface area (Å²) >= 11 is 5.72. The maximum Gasteiger partial charge on any atom is 0.314 e. The van der Waals surface area contributed by atoms with Crippen molar-refractivity contribution in [1.29, 1.82) is 0 Å². The molecule has 2 amide bonds. The molecule has 3 N–H and O–H groups in total. The van der Waals surface area contributed by atoms with Crippen molar-refractivity contribution < 1.29 is 14.3 Å². The van der Waals surface area contributed by atoms with Crippen LogP contribution in [0.1, 0.15) is 18.1 Å². The third kappa shape index (κ3) is 5.33. The third-order valence-electron chi connectivity index (χ3n) is 2.31. The predicted molar refractivity (Wildman–Crippen MR) is 68.4 cm³/mol. The van der Waals surface area contributed by atoms with Gasteiger partial charge >= 0.3 is 6.03 Å². The van der Waals surface area contributed by atoms with Gasteiger partial charge in [0.15, 0.2) is 0 Å². The summed E-state index contributed by atoms with van der Waals surface area (Å²) in [5, 5.41) is 15.3. The van der Waals surface area contributed by atoms with Crippen LogP contribution in [-0.2, 0) is 0 Å². The van der Waals surface area contributed by atoms with E-state index in [0.29, 0.717) is 10.6 Å². The number of benzene rings is 1. The summed E-state index contributed by atoms with van der Waals surface area (Å²) in [4.78, 5) is 11.2. The van der Waals surface area contributed by atoms with Gasteiger partial charge in [-0.2, -0.15) is 0 Å². The van der Waals surface area contributed by atoms with Gasteiger partial charge in [0.05, 0.1) is 12.8 Å². The van der Waals surface area contributed by atoms with E-state index >= 15 is 0 Å². The van der Waals surface area contributed by atoms with Crippen molar-refractivity contribution in [3.63, 3.8) is 0 Å². The molecule has 1 unspecified atom stereocenters. The first-order chi connectivity index (χ1) is 8.63. The van der Waals surface area contributed by atoms with Gasteiger partial charge in [0, 0.05) is 18.1 Å². The zero-order chi connectivity index (χ0) is 13.4. The van der Waals surface area contributed by atoms with Crippen LogP contribution in [0.15, 0.2) is 24.3 Å². The van der Waals surface area contributed by atoms with E-state index in [4.69, 9.17) is 11.6 Å². The van der Waals surface area contributed by atoms with Crippen LogP contribution < -0.4 is 10.6 Å². The highest BCUT2D eigenvalue weighted by molar-refractivity contribution is 6.30. The van der Waals surface area contributed by atoms with Crippen LogP contribution in [0.3, 0.4) is 0 Å². The lowest BCUT2D eigenvalue weighted by molar-refractivity contribution is 0.173. The fraction of sp³-hybridized carbons (Fsp3) is 0.417. The Balaban J connectivity index is 2.30. The largest absolute Gasteiger partial charge is 0.387 e. The summed E-state index contributed by atoms with van der Waals surface area (Å²) in [5.74, 6) is 0. The summed E-state index contributed by atoms with van der Waals surface area (Å²) in [6.07, 6.45) is -0.512. The monoisotopic (exact) mass is 274 g/mol. The van der Waals surface area contributed by atoms with Crippen LogP contribution in [0, 0.1) is 0 Å². The molecular weight excluding hydrogens is 259 g/mol. The molecule has 0 fully saturated rings. The highest BCUT2D eigenvalue weighted by atomic mass is 35.5. The van der Waals surface area contributed by atoms with Crippen molar-refractivity contribution in [1.82, 2.24) is 10.6 Å². The van der Waals surface area contributed by atoms with Crippen LogP contribution >= 0.6 is 11.6 Å². The second-order valence-electron chi connectivity index (χ2n) is 3.75. The molecule has 0 heterocycles. The molecule has 1 rings (SSSR count).